The molecule has 3 rings (SSSR count). The van der Waals surface area contributed by atoms with Crippen LogP contribution in [0.1, 0.15) is 91.8 Å². The van der Waals surface area contributed by atoms with E-state index in [-0.39, 0.29) is 52.7 Å². The number of ketones is 1. The lowest BCUT2D eigenvalue weighted by Crippen LogP contribution is -2.31. The molecule has 11 heteroatoms. The molecule has 0 saturated heterocycles. The van der Waals surface area contributed by atoms with Crippen molar-refractivity contribution in [1.82, 2.24) is 5.32 Å². The van der Waals surface area contributed by atoms with Gasteiger partial charge in [0.1, 0.15) is 22.8 Å². The summed E-state index contributed by atoms with van der Waals surface area (Å²) >= 11 is 0. The SMILES string of the molecule is COc1cc(C(CC(=O)NCC(C)O)c2c(O)cc3c(c2O)C(=O)O[C@@H](C)CCCC(=O)CCC/C=C/3)cc(OC)c1OC. The van der Waals surface area contributed by atoms with E-state index in [0.29, 0.717) is 49.8 Å². The number of phenolic OH excluding ortho intramolecular Hbond substituents is 2. The molecule has 3 atom stereocenters. The van der Waals surface area contributed by atoms with E-state index in [1.807, 2.05) is 0 Å². The Hall–Kier alpha value is -4.25. The van der Waals surface area contributed by atoms with E-state index in [1.54, 1.807) is 31.2 Å². The van der Waals surface area contributed by atoms with E-state index in [4.69, 9.17) is 18.9 Å². The van der Waals surface area contributed by atoms with Crippen molar-refractivity contribution in [2.75, 3.05) is 27.9 Å². The second kappa shape index (κ2) is 16.0. The van der Waals surface area contributed by atoms with Crippen molar-refractivity contribution >= 4 is 23.7 Å². The highest BCUT2D eigenvalue weighted by molar-refractivity contribution is 5.98. The number of hydrogen-bond acceptors (Lipinski definition) is 10. The predicted octanol–water partition coefficient (Wildman–Crippen LogP) is 4.62. The molecule has 2 aromatic carbocycles. The molecule has 0 bridgehead atoms. The van der Waals surface area contributed by atoms with E-state index in [1.165, 1.54) is 34.3 Å². The normalized spacial score (nSPS) is 18.2. The molecule has 0 aromatic heterocycles. The monoisotopic (exact) mass is 613 g/mol. The molecule has 2 aromatic rings. The smallest absolute Gasteiger partial charge is 0.342 e. The summed E-state index contributed by atoms with van der Waals surface area (Å²) in [4.78, 5) is 38.8. The minimum Gasteiger partial charge on any atom is -0.507 e. The number of aromatic hydroxyl groups is 2. The average molecular weight is 614 g/mol. The van der Waals surface area contributed by atoms with Crippen molar-refractivity contribution in [2.45, 2.75) is 76.9 Å². The van der Waals surface area contributed by atoms with Crippen molar-refractivity contribution in [2.24, 2.45) is 0 Å². The minimum atomic E-state index is -1.00. The number of nitrogens with one attached hydrogen (secondary N) is 1. The molecule has 1 amide bonds. The lowest BCUT2D eigenvalue weighted by Gasteiger charge is -2.24. The first-order valence-corrected chi connectivity index (χ1v) is 14.7. The van der Waals surface area contributed by atoms with E-state index >= 15 is 0 Å². The van der Waals surface area contributed by atoms with Gasteiger partial charge in [-0.25, -0.2) is 4.79 Å². The van der Waals surface area contributed by atoms with Crippen molar-refractivity contribution in [1.29, 1.82) is 0 Å². The first-order chi connectivity index (χ1) is 21.0. The molecule has 0 radical (unpaired) electrons. The maximum atomic E-state index is 13.5. The third kappa shape index (κ3) is 8.66. The van der Waals surface area contributed by atoms with Crippen LogP contribution < -0.4 is 19.5 Å². The van der Waals surface area contributed by atoms with Gasteiger partial charge in [0.2, 0.25) is 11.7 Å². The molecule has 0 saturated carbocycles. The van der Waals surface area contributed by atoms with E-state index in [0.717, 1.165) is 0 Å². The van der Waals surface area contributed by atoms with Crippen LogP contribution in [0.4, 0.5) is 0 Å². The minimum absolute atomic E-state index is 0.0104. The Bertz CT molecular complexity index is 1340. The fraction of sp³-hybridized carbons (Fsp3) is 0.485. The Kier molecular flexibility index (Phi) is 12.5. The van der Waals surface area contributed by atoms with Gasteiger partial charge in [-0.15, -0.1) is 0 Å². The molecule has 11 nitrogen and oxygen atoms in total. The highest BCUT2D eigenvalue weighted by atomic mass is 16.5. The number of rotatable bonds is 9. The van der Waals surface area contributed by atoms with Gasteiger partial charge in [0, 0.05) is 37.3 Å². The van der Waals surface area contributed by atoms with Gasteiger partial charge in [0.05, 0.1) is 33.5 Å². The van der Waals surface area contributed by atoms with Gasteiger partial charge in [-0.3, -0.25) is 9.59 Å². The van der Waals surface area contributed by atoms with Crippen LogP contribution in [-0.2, 0) is 14.3 Å². The zero-order valence-electron chi connectivity index (χ0n) is 26.0. The first kappa shape index (κ1) is 34.2. The summed E-state index contributed by atoms with van der Waals surface area (Å²) < 4.78 is 22.1. The Morgan fingerprint density at radius 1 is 1.05 bits per heavy atom. The molecule has 0 aliphatic carbocycles. The molecule has 1 heterocycles. The number of aliphatic hydroxyl groups is 1. The first-order valence-electron chi connectivity index (χ1n) is 14.7. The number of Topliss-reactive ketones (excluding diaryl/α,β-unsaturated/α-hetero) is 1. The maximum Gasteiger partial charge on any atom is 0.342 e. The van der Waals surface area contributed by atoms with Crippen molar-refractivity contribution in [3.8, 4) is 28.7 Å². The quantitative estimate of drug-likeness (QED) is 0.294. The van der Waals surface area contributed by atoms with Gasteiger partial charge in [0.15, 0.2) is 11.5 Å². The summed E-state index contributed by atoms with van der Waals surface area (Å²) in [6, 6.07) is 4.55. The number of cyclic esters (lactones) is 1. The highest BCUT2D eigenvalue weighted by Gasteiger charge is 2.32. The van der Waals surface area contributed by atoms with Gasteiger partial charge in [-0.2, -0.15) is 0 Å². The fourth-order valence-electron chi connectivity index (χ4n) is 5.23. The number of ether oxygens (including phenoxy) is 4. The largest absolute Gasteiger partial charge is 0.507 e. The third-order valence-electron chi connectivity index (χ3n) is 7.47. The second-order valence-electron chi connectivity index (χ2n) is 10.9. The number of carbonyl (C=O) groups is 3. The van der Waals surface area contributed by atoms with E-state index < -0.39 is 35.8 Å². The lowest BCUT2D eigenvalue weighted by molar-refractivity contribution is -0.122. The summed E-state index contributed by atoms with van der Waals surface area (Å²) in [7, 11) is 4.32. The van der Waals surface area contributed by atoms with Crippen LogP contribution in [0.5, 0.6) is 28.7 Å². The van der Waals surface area contributed by atoms with Crippen LogP contribution in [0.2, 0.25) is 0 Å². The van der Waals surface area contributed by atoms with Gasteiger partial charge >= 0.3 is 5.97 Å². The number of amides is 1. The lowest BCUT2D eigenvalue weighted by atomic mass is 9.84. The third-order valence-corrected chi connectivity index (χ3v) is 7.47. The Morgan fingerprint density at radius 2 is 1.70 bits per heavy atom. The predicted molar refractivity (Wildman–Crippen MR) is 164 cm³/mol. The summed E-state index contributed by atoms with van der Waals surface area (Å²) in [5.41, 5.74) is 0.414. The Balaban J connectivity index is 2.23. The molecule has 2 unspecified atom stereocenters. The van der Waals surface area contributed by atoms with Gasteiger partial charge < -0.3 is 39.6 Å². The molecule has 0 fully saturated rings. The summed E-state index contributed by atoms with van der Waals surface area (Å²) in [6.45, 7) is 3.23. The van der Waals surface area contributed by atoms with Crippen molar-refractivity contribution < 1.29 is 48.7 Å². The number of hydrogen-bond donors (Lipinski definition) is 4. The number of aliphatic hydroxyl groups excluding tert-OH is 1. The highest BCUT2D eigenvalue weighted by Crippen LogP contribution is 2.47. The Labute approximate surface area is 257 Å². The Morgan fingerprint density at radius 3 is 2.32 bits per heavy atom. The van der Waals surface area contributed by atoms with Crippen LogP contribution in [0, 0.1) is 0 Å². The van der Waals surface area contributed by atoms with Crippen LogP contribution in [-0.4, -0.2) is 73.1 Å². The molecular weight excluding hydrogens is 570 g/mol. The van der Waals surface area contributed by atoms with E-state index in [2.05, 4.69) is 5.32 Å². The molecule has 240 valence electrons. The molecule has 0 spiro atoms. The summed E-state index contributed by atoms with van der Waals surface area (Å²) in [6.07, 6.45) is 4.81. The summed E-state index contributed by atoms with van der Waals surface area (Å²) in [5, 5.41) is 35.4. The number of benzene rings is 2. The van der Waals surface area contributed by atoms with Crippen LogP contribution in [0.25, 0.3) is 6.08 Å². The number of fused-ring (bicyclic) bond motifs is 1. The van der Waals surface area contributed by atoms with Gasteiger partial charge in [-0.05, 0) is 68.9 Å². The van der Waals surface area contributed by atoms with Crippen molar-refractivity contribution in [3.05, 3.63) is 46.5 Å². The average Bonchev–Trinajstić information content (AvgIpc) is 2.97. The topological polar surface area (TPSA) is 161 Å². The molecule has 1 aliphatic heterocycles. The zero-order chi connectivity index (χ0) is 32.4. The van der Waals surface area contributed by atoms with Gasteiger partial charge in [-0.1, -0.05) is 12.2 Å². The van der Waals surface area contributed by atoms with Crippen LogP contribution in [0.15, 0.2) is 24.3 Å². The van der Waals surface area contributed by atoms with Gasteiger partial charge in [0.25, 0.3) is 0 Å². The molecule has 1 aliphatic rings. The molecular formula is C33H43NO10. The number of esters is 1. The summed E-state index contributed by atoms with van der Waals surface area (Å²) in [5.74, 6) is -2.16. The number of allylic oxidation sites excluding steroid dienone is 1. The standard InChI is InChI=1S/C33H43NO10/c1-19(35)18-34-28(38)17-24(22-15-26(41-3)32(43-5)27(16-22)42-4)30-25(37)14-21-11-7-6-8-12-23(36)13-9-10-20(2)44-33(40)29(21)31(30)39/h7,11,14-16,19-20,24,35,37,39H,6,8-10,12-13,17-18H2,1-5H3,(H,34,38)/b11-7+/t19?,20-,24?/m0/s1. The second-order valence-corrected chi connectivity index (χ2v) is 10.9. The van der Waals surface area contributed by atoms with Crippen LogP contribution in [0.3, 0.4) is 0 Å². The number of carbonyl (C=O) groups excluding carboxylic acids is 3. The van der Waals surface area contributed by atoms with Crippen LogP contribution >= 0.6 is 0 Å². The maximum absolute atomic E-state index is 13.5. The van der Waals surface area contributed by atoms with E-state index in [9.17, 15) is 29.7 Å². The molecule has 4 N–H and O–H groups in total. The zero-order valence-corrected chi connectivity index (χ0v) is 26.0. The number of phenols is 2. The fourth-order valence-corrected chi connectivity index (χ4v) is 5.23. The molecule has 44 heavy (non-hydrogen) atoms. The van der Waals surface area contributed by atoms with Crippen molar-refractivity contribution in [3.63, 3.8) is 0 Å². The number of methoxy groups -OCH3 is 3.